The molecule has 0 spiro atoms. The van der Waals surface area contributed by atoms with Crippen LogP contribution in [-0.4, -0.2) is 25.5 Å². The molecule has 1 amide bonds. The molecular formula is C21H18BrClFN5O2. The van der Waals surface area contributed by atoms with E-state index in [4.69, 9.17) is 16.0 Å². The Morgan fingerprint density at radius 1 is 1.23 bits per heavy atom. The highest BCUT2D eigenvalue weighted by atomic mass is 79.9. The van der Waals surface area contributed by atoms with Crippen LogP contribution in [0.1, 0.15) is 33.3 Å². The van der Waals surface area contributed by atoms with E-state index in [0.717, 1.165) is 21.4 Å². The summed E-state index contributed by atoms with van der Waals surface area (Å²) in [5, 5.41) is 11.6. The van der Waals surface area contributed by atoms with Crippen LogP contribution in [0.4, 0.5) is 10.2 Å². The number of nitrogens with one attached hydrogen (secondary N) is 1. The van der Waals surface area contributed by atoms with Gasteiger partial charge in [-0.05, 0) is 59.6 Å². The average Bonchev–Trinajstić information content (AvgIpc) is 3.38. The van der Waals surface area contributed by atoms with E-state index in [9.17, 15) is 9.18 Å². The summed E-state index contributed by atoms with van der Waals surface area (Å²) in [5.74, 6) is 0.116. The van der Waals surface area contributed by atoms with Gasteiger partial charge in [0, 0.05) is 6.20 Å². The Balaban J connectivity index is 1.44. The van der Waals surface area contributed by atoms with E-state index < -0.39 is 5.91 Å². The van der Waals surface area contributed by atoms with Crippen molar-refractivity contribution in [2.45, 2.75) is 26.9 Å². The molecule has 0 aliphatic rings. The molecule has 3 aromatic heterocycles. The van der Waals surface area contributed by atoms with Crippen LogP contribution in [0.3, 0.4) is 0 Å². The first kappa shape index (κ1) is 21.3. The lowest BCUT2D eigenvalue weighted by Gasteiger charge is -2.03. The van der Waals surface area contributed by atoms with Gasteiger partial charge < -0.3 is 9.73 Å². The second-order valence-electron chi connectivity index (χ2n) is 7.02. The number of carbonyl (C=O) groups is 1. The molecule has 1 N–H and O–H groups in total. The predicted octanol–water partition coefficient (Wildman–Crippen LogP) is 5.19. The number of amides is 1. The molecule has 3 heterocycles. The molecule has 4 aromatic rings. The molecule has 0 aliphatic heterocycles. The molecule has 0 atom stereocenters. The topological polar surface area (TPSA) is 77.9 Å². The number of halogens is 3. The van der Waals surface area contributed by atoms with Crippen LogP contribution in [0.5, 0.6) is 0 Å². The fourth-order valence-corrected chi connectivity index (χ4v) is 3.60. The molecule has 10 heteroatoms. The summed E-state index contributed by atoms with van der Waals surface area (Å²) in [6.45, 7) is 4.57. The van der Waals surface area contributed by atoms with E-state index in [1.807, 2.05) is 13.8 Å². The molecule has 7 nitrogen and oxygen atoms in total. The van der Waals surface area contributed by atoms with Crippen molar-refractivity contribution in [3.05, 3.63) is 86.4 Å². The Bertz CT molecular complexity index is 1260. The third-order valence-corrected chi connectivity index (χ3v) is 6.09. The van der Waals surface area contributed by atoms with Crippen LogP contribution >= 0.6 is 27.5 Å². The lowest BCUT2D eigenvalue weighted by molar-refractivity contribution is 0.0994. The highest BCUT2D eigenvalue weighted by Crippen LogP contribution is 2.23. The zero-order valence-electron chi connectivity index (χ0n) is 16.7. The number of hydrogen-bond donors (Lipinski definition) is 1. The molecule has 4 rings (SSSR count). The number of carbonyl (C=O) groups excluding carboxylic acids is 1. The third kappa shape index (κ3) is 4.72. The summed E-state index contributed by atoms with van der Waals surface area (Å²) in [7, 11) is 0. The van der Waals surface area contributed by atoms with Gasteiger partial charge >= 0.3 is 0 Å². The summed E-state index contributed by atoms with van der Waals surface area (Å²) in [5.41, 5.74) is 2.57. The fraction of sp³-hybridized carbons (Fsp3) is 0.190. The Morgan fingerprint density at radius 3 is 2.74 bits per heavy atom. The first-order chi connectivity index (χ1) is 14.8. The molecule has 1 aromatic carbocycles. The molecule has 160 valence electrons. The summed E-state index contributed by atoms with van der Waals surface area (Å²) in [4.78, 5) is 12.6. The minimum atomic E-state index is -0.473. The Labute approximate surface area is 190 Å². The number of aryl methyl sites for hydroxylation is 1. The maximum absolute atomic E-state index is 13.4. The van der Waals surface area contributed by atoms with Crippen molar-refractivity contribution >= 4 is 39.3 Å². The lowest BCUT2D eigenvalue weighted by Crippen LogP contribution is -2.12. The van der Waals surface area contributed by atoms with Crippen molar-refractivity contribution in [2.24, 2.45) is 0 Å². The molecule has 31 heavy (non-hydrogen) atoms. The number of aromatic nitrogens is 4. The molecule has 0 bridgehead atoms. The van der Waals surface area contributed by atoms with E-state index in [0.29, 0.717) is 18.8 Å². The molecule has 0 radical (unpaired) electrons. The minimum Gasteiger partial charge on any atom is -0.454 e. The monoisotopic (exact) mass is 505 g/mol. The molecular weight excluding hydrogens is 489 g/mol. The number of rotatable bonds is 6. The maximum Gasteiger partial charge on any atom is 0.292 e. The van der Waals surface area contributed by atoms with Crippen LogP contribution in [0.25, 0.3) is 0 Å². The molecule has 0 aliphatic carbocycles. The second kappa shape index (κ2) is 8.68. The zero-order valence-corrected chi connectivity index (χ0v) is 19.0. The number of anilines is 1. The number of furan rings is 1. The van der Waals surface area contributed by atoms with Crippen LogP contribution in [0.15, 0.2) is 51.5 Å². The summed E-state index contributed by atoms with van der Waals surface area (Å²) >= 11 is 9.70. The van der Waals surface area contributed by atoms with Crippen molar-refractivity contribution in [3.63, 3.8) is 0 Å². The highest BCUT2D eigenvalue weighted by Gasteiger charge is 2.17. The van der Waals surface area contributed by atoms with Crippen LogP contribution in [0.2, 0.25) is 5.02 Å². The highest BCUT2D eigenvalue weighted by molar-refractivity contribution is 9.10. The van der Waals surface area contributed by atoms with E-state index in [1.54, 1.807) is 35.1 Å². The van der Waals surface area contributed by atoms with Gasteiger partial charge in [-0.3, -0.25) is 14.2 Å². The Hall–Kier alpha value is -2.91. The van der Waals surface area contributed by atoms with Gasteiger partial charge in [-0.15, -0.1) is 0 Å². The molecule has 0 saturated carbocycles. The van der Waals surface area contributed by atoms with Crippen molar-refractivity contribution in [1.82, 2.24) is 19.6 Å². The van der Waals surface area contributed by atoms with Gasteiger partial charge in [0.1, 0.15) is 16.6 Å². The smallest absolute Gasteiger partial charge is 0.292 e. The zero-order chi connectivity index (χ0) is 22.1. The van der Waals surface area contributed by atoms with Gasteiger partial charge in [-0.1, -0.05) is 23.7 Å². The first-order valence-electron chi connectivity index (χ1n) is 9.37. The number of benzene rings is 1. The van der Waals surface area contributed by atoms with E-state index in [-0.39, 0.29) is 22.4 Å². The SMILES string of the molecule is Cc1nn(Cc2ccc(C(=O)Nc3nn(Cc4cccc(F)c4)cc3Cl)o2)c(C)c1Br. The van der Waals surface area contributed by atoms with Crippen molar-refractivity contribution in [2.75, 3.05) is 5.32 Å². The molecule has 0 fully saturated rings. The summed E-state index contributed by atoms with van der Waals surface area (Å²) in [6, 6.07) is 9.50. The Morgan fingerprint density at radius 2 is 2.03 bits per heavy atom. The standard InChI is InChI=1S/C21H18BrClFN5O2/c1-12-19(22)13(2)29(26-12)10-16-6-7-18(31-16)21(30)25-20-17(23)11-28(27-20)9-14-4-3-5-15(24)8-14/h3-8,11H,9-10H2,1-2H3,(H,25,27,30). The van der Waals surface area contributed by atoms with Crippen molar-refractivity contribution in [1.29, 1.82) is 0 Å². The number of nitrogens with zero attached hydrogens (tertiary/aromatic N) is 4. The summed E-state index contributed by atoms with van der Waals surface area (Å²) < 4.78 is 23.3. The van der Waals surface area contributed by atoms with E-state index >= 15 is 0 Å². The lowest BCUT2D eigenvalue weighted by atomic mass is 10.2. The predicted molar refractivity (Wildman–Crippen MR) is 118 cm³/mol. The molecule has 0 saturated heterocycles. The van der Waals surface area contributed by atoms with Crippen LogP contribution in [-0.2, 0) is 13.1 Å². The van der Waals surface area contributed by atoms with Gasteiger partial charge in [-0.2, -0.15) is 10.2 Å². The number of hydrogen-bond acceptors (Lipinski definition) is 4. The van der Waals surface area contributed by atoms with Gasteiger partial charge in [0.05, 0.1) is 29.0 Å². The second-order valence-corrected chi connectivity index (χ2v) is 8.22. The van der Waals surface area contributed by atoms with Crippen molar-refractivity contribution < 1.29 is 13.6 Å². The van der Waals surface area contributed by atoms with Crippen molar-refractivity contribution in [3.8, 4) is 0 Å². The maximum atomic E-state index is 13.4. The molecule has 0 unspecified atom stereocenters. The third-order valence-electron chi connectivity index (χ3n) is 4.67. The Kier molecular flexibility index (Phi) is 5.97. The van der Waals surface area contributed by atoms with Crippen LogP contribution in [0, 0.1) is 19.7 Å². The first-order valence-corrected chi connectivity index (χ1v) is 10.5. The van der Waals surface area contributed by atoms with Gasteiger partial charge in [-0.25, -0.2) is 4.39 Å². The average molecular weight is 507 g/mol. The largest absolute Gasteiger partial charge is 0.454 e. The van der Waals surface area contributed by atoms with Gasteiger partial charge in [0.25, 0.3) is 5.91 Å². The van der Waals surface area contributed by atoms with Gasteiger partial charge in [0.15, 0.2) is 11.6 Å². The fourth-order valence-electron chi connectivity index (χ4n) is 3.12. The minimum absolute atomic E-state index is 0.131. The quantitative estimate of drug-likeness (QED) is 0.390. The van der Waals surface area contributed by atoms with Crippen LogP contribution < -0.4 is 5.32 Å². The summed E-state index contributed by atoms with van der Waals surface area (Å²) in [6.07, 6.45) is 1.57. The van der Waals surface area contributed by atoms with Gasteiger partial charge in [0.2, 0.25) is 0 Å². The van der Waals surface area contributed by atoms with E-state index in [2.05, 4.69) is 31.4 Å². The van der Waals surface area contributed by atoms with E-state index in [1.165, 1.54) is 16.8 Å². The normalized spacial score (nSPS) is 11.1.